The molecule has 0 spiro atoms. The minimum atomic E-state index is -0.245. The van der Waals surface area contributed by atoms with Crippen molar-refractivity contribution in [3.63, 3.8) is 0 Å². The Morgan fingerprint density at radius 1 is 1.53 bits per heavy atom. The van der Waals surface area contributed by atoms with E-state index in [-0.39, 0.29) is 11.9 Å². The summed E-state index contributed by atoms with van der Waals surface area (Å²) in [6, 6.07) is 5.14. The van der Waals surface area contributed by atoms with Crippen molar-refractivity contribution in [2.45, 2.75) is 12.5 Å². The van der Waals surface area contributed by atoms with Crippen LogP contribution in [-0.2, 0) is 6.42 Å². The first-order chi connectivity index (χ1) is 8.20. The maximum atomic E-state index is 13.1. The highest BCUT2D eigenvalue weighted by Crippen LogP contribution is 2.21. The molecule has 0 aliphatic heterocycles. The fourth-order valence-corrected chi connectivity index (χ4v) is 2.48. The number of halogens is 2. The van der Waals surface area contributed by atoms with Crippen molar-refractivity contribution in [3.05, 3.63) is 45.9 Å². The molecule has 0 radical (unpaired) electrons. The molecule has 1 N–H and O–H groups in total. The lowest BCUT2D eigenvalue weighted by Gasteiger charge is -2.13. The van der Waals surface area contributed by atoms with Crippen molar-refractivity contribution in [1.82, 2.24) is 14.1 Å². The van der Waals surface area contributed by atoms with Gasteiger partial charge in [-0.3, -0.25) is 0 Å². The summed E-state index contributed by atoms with van der Waals surface area (Å²) < 4.78 is 21.8. The quantitative estimate of drug-likeness (QED) is 0.942. The van der Waals surface area contributed by atoms with Gasteiger partial charge in [0.25, 0.3) is 0 Å². The van der Waals surface area contributed by atoms with Crippen LogP contribution < -0.4 is 5.32 Å². The smallest absolute Gasteiger partial charge is 0.137 e. The van der Waals surface area contributed by atoms with Crippen LogP contribution in [0.4, 0.5) is 4.39 Å². The Kier molecular flexibility index (Phi) is 4.20. The van der Waals surface area contributed by atoms with Crippen LogP contribution in [0.5, 0.6) is 0 Å². The molecule has 2 aromatic rings. The summed E-state index contributed by atoms with van der Waals surface area (Å²) >= 11 is 4.38. The fourth-order valence-electron chi connectivity index (χ4n) is 1.58. The van der Waals surface area contributed by atoms with Crippen LogP contribution in [0.3, 0.4) is 0 Å². The second kappa shape index (κ2) is 5.66. The summed E-state index contributed by atoms with van der Waals surface area (Å²) in [6.07, 6.45) is 2.51. The van der Waals surface area contributed by atoms with Gasteiger partial charge in [0.15, 0.2) is 0 Å². The number of benzene rings is 1. The summed E-state index contributed by atoms with van der Waals surface area (Å²) in [4.78, 5) is 0. The maximum absolute atomic E-state index is 13.1. The van der Waals surface area contributed by atoms with Gasteiger partial charge in [-0.1, -0.05) is 6.07 Å². The van der Waals surface area contributed by atoms with Crippen LogP contribution in [0.25, 0.3) is 0 Å². The standard InChI is InChI=1S/C11H11BrFN3S/c1-14-10(11-6-15-17-16-11)5-7-2-3-9(13)8(12)4-7/h2-4,6,10,14H,5H2,1H3. The molecule has 90 valence electrons. The third-order valence-electron chi connectivity index (χ3n) is 2.51. The Hall–Kier alpha value is -0.850. The molecule has 2 rings (SSSR count). The zero-order chi connectivity index (χ0) is 12.3. The molecular formula is C11H11BrFN3S. The topological polar surface area (TPSA) is 37.8 Å². The number of aromatic nitrogens is 2. The number of hydrogen-bond acceptors (Lipinski definition) is 4. The second-order valence-electron chi connectivity index (χ2n) is 3.63. The van der Waals surface area contributed by atoms with Crippen molar-refractivity contribution >= 4 is 27.7 Å². The average molecular weight is 316 g/mol. The zero-order valence-electron chi connectivity index (χ0n) is 9.15. The predicted octanol–water partition coefficient (Wildman–Crippen LogP) is 2.94. The van der Waals surface area contributed by atoms with Gasteiger partial charge in [0.05, 0.1) is 34.1 Å². The van der Waals surface area contributed by atoms with Gasteiger partial charge in [-0.05, 0) is 47.1 Å². The first-order valence-electron chi connectivity index (χ1n) is 5.09. The molecule has 0 amide bonds. The molecule has 1 aromatic carbocycles. The van der Waals surface area contributed by atoms with Gasteiger partial charge in [0, 0.05) is 0 Å². The molecule has 6 heteroatoms. The van der Waals surface area contributed by atoms with Crippen LogP contribution >= 0.6 is 27.7 Å². The monoisotopic (exact) mass is 315 g/mol. The van der Waals surface area contributed by atoms with E-state index in [0.29, 0.717) is 4.47 Å². The number of nitrogens with zero attached hydrogens (tertiary/aromatic N) is 2. The van der Waals surface area contributed by atoms with E-state index in [9.17, 15) is 4.39 Å². The zero-order valence-corrected chi connectivity index (χ0v) is 11.6. The Labute approximate surface area is 112 Å². The van der Waals surface area contributed by atoms with Crippen LogP contribution in [0.15, 0.2) is 28.9 Å². The first-order valence-corrected chi connectivity index (χ1v) is 6.61. The molecule has 0 fully saturated rings. The molecule has 0 aliphatic carbocycles. The average Bonchev–Trinajstić information content (AvgIpc) is 2.84. The van der Waals surface area contributed by atoms with Gasteiger partial charge in [-0.2, -0.15) is 8.75 Å². The van der Waals surface area contributed by atoms with Gasteiger partial charge in [0.1, 0.15) is 5.82 Å². The maximum Gasteiger partial charge on any atom is 0.137 e. The normalized spacial score (nSPS) is 12.6. The lowest BCUT2D eigenvalue weighted by atomic mass is 10.0. The van der Waals surface area contributed by atoms with Crippen molar-refractivity contribution < 1.29 is 4.39 Å². The molecule has 17 heavy (non-hydrogen) atoms. The van der Waals surface area contributed by atoms with Crippen molar-refractivity contribution in [2.75, 3.05) is 7.05 Å². The van der Waals surface area contributed by atoms with E-state index in [0.717, 1.165) is 17.7 Å². The van der Waals surface area contributed by atoms with E-state index in [2.05, 4.69) is 30.0 Å². The van der Waals surface area contributed by atoms with E-state index in [4.69, 9.17) is 0 Å². The first kappa shape index (κ1) is 12.6. The van der Waals surface area contributed by atoms with Crippen molar-refractivity contribution in [1.29, 1.82) is 0 Å². The van der Waals surface area contributed by atoms with Crippen molar-refractivity contribution in [2.24, 2.45) is 0 Å². The second-order valence-corrected chi connectivity index (χ2v) is 5.04. The largest absolute Gasteiger partial charge is 0.311 e. The number of nitrogens with one attached hydrogen (secondary N) is 1. The molecule has 1 aromatic heterocycles. The summed E-state index contributed by atoms with van der Waals surface area (Å²) in [5, 5.41) is 3.18. The Morgan fingerprint density at radius 3 is 2.94 bits per heavy atom. The van der Waals surface area contributed by atoms with Crippen LogP contribution in [0.1, 0.15) is 17.3 Å². The third-order valence-corrected chi connectivity index (χ3v) is 3.61. The summed E-state index contributed by atoms with van der Waals surface area (Å²) in [6.45, 7) is 0. The van der Waals surface area contributed by atoms with E-state index in [1.54, 1.807) is 18.3 Å². The Morgan fingerprint density at radius 2 is 2.35 bits per heavy atom. The molecule has 1 atom stereocenters. The predicted molar refractivity (Wildman–Crippen MR) is 69.5 cm³/mol. The fraction of sp³-hybridized carbons (Fsp3) is 0.273. The summed E-state index contributed by atoms with van der Waals surface area (Å²) in [7, 11) is 1.88. The van der Waals surface area contributed by atoms with Gasteiger partial charge in [-0.15, -0.1) is 0 Å². The molecule has 0 bridgehead atoms. The SMILES string of the molecule is CNC(Cc1ccc(F)c(Br)c1)c1cnsn1. The molecular weight excluding hydrogens is 305 g/mol. The molecule has 0 saturated heterocycles. The van der Waals surface area contributed by atoms with Crippen LogP contribution in [0, 0.1) is 5.82 Å². The lowest BCUT2D eigenvalue weighted by Crippen LogP contribution is -2.19. The lowest BCUT2D eigenvalue weighted by molar-refractivity contribution is 0.577. The molecule has 3 nitrogen and oxygen atoms in total. The number of likely N-dealkylation sites (N-methyl/N-ethyl adjacent to an activating group) is 1. The Bertz CT molecular complexity index is 489. The minimum absolute atomic E-state index is 0.103. The van der Waals surface area contributed by atoms with Crippen LogP contribution in [-0.4, -0.2) is 15.8 Å². The summed E-state index contributed by atoms with van der Waals surface area (Å²) in [5.41, 5.74) is 1.96. The molecule has 1 unspecified atom stereocenters. The summed E-state index contributed by atoms with van der Waals surface area (Å²) in [5.74, 6) is -0.245. The van der Waals surface area contributed by atoms with E-state index >= 15 is 0 Å². The third kappa shape index (κ3) is 3.08. The molecule has 0 saturated carbocycles. The highest BCUT2D eigenvalue weighted by molar-refractivity contribution is 9.10. The van der Waals surface area contributed by atoms with Crippen LogP contribution in [0.2, 0.25) is 0 Å². The minimum Gasteiger partial charge on any atom is -0.311 e. The number of hydrogen-bond donors (Lipinski definition) is 1. The van der Waals surface area contributed by atoms with Gasteiger partial charge < -0.3 is 5.32 Å². The molecule has 1 heterocycles. The van der Waals surface area contributed by atoms with E-state index in [1.165, 1.54) is 17.8 Å². The van der Waals surface area contributed by atoms with Gasteiger partial charge in [0.2, 0.25) is 0 Å². The molecule has 0 aliphatic rings. The highest BCUT2D eigenvalue weighted by atomic mass is 79.9. The highest BCUT2D eigenvalue weighted by Gasteiger charge is 2.13. The van der Waals surface area contributed by atoms with Gasteiger partial charge >= 0.3 is 0 Å². The van der Waals surface area contributed by atoms with E-state index in [1.807, 2.05) is 7.05 Å². The van der Waals surface area contributed by atoms with Crippen molar-refractivity contribution in [3.8, 4) is 0 Å². The van der Waals surface area contributed by atoms with E-state index < -0.39 is 0 Å². The number of rotatable bonds is 4. The Balaban J connectivity index is 2.16. The van der Waals surface area contributed by atoms with Gasteiger partial charge in [-0.25, -0.2) is 4.39 Å².